The molecule has 2 N–H and O–H groups in total. The standard InChI is InChI=1S/C24H23BrFN3O2/c1-30-22-13-17(12-19(25)24(22)31-15-16-6-8-18(26)9-7-16)14-27-11-10-23-28-20-4-2-3-5-21(20)29-23/h2-9,12-13,27H,10-11,14-15H2,1H3,(H,28,29). The third-order valence-corrected chi connectivity index (χ3v) is 5.48. The predicted molar refractivity (Wildman–Crippen MR) is 123 cm³/mol. The van der Waals surface area contributed by atoms with Crippen LogP contribution in [0, 0.1) is 5.82 Å². The number of nitrogens with one attached hydrogen (secondary N) is 2. The van der Waals surface area contributed by atoms with Crippen LogP contribution in [0.1, 0.15) is 17.0 Å². The van der Waals surface area contributed by atoms with Gasteiger partial charge in [-0.25, -0.2) is 9.37 Å². The lowest BCUT2D eigenvalue weighted by atomic mass is 10.2. The van der Waals surface area contributed by atoms with E-state index in [-0.39, 0.29) is 5.82 Å². The molecule has 0 aliphatic carbocycles. The summed E-state index contributed by atoms with van der Waals surface area (Å²) in [7, 11) is 1.62. The zero-order valence-corrected chi connectivity index (χ0v) is 18.7. The molecule has 160 valence electrons. The highest BCUT2D eigenvalue weighted by Crippen LogP contribution is 2.37. The van der Waals surface area contributed by atoms with Crippen molar-refractivity contribution >= 4 is 27.0 Å². The fourth-order valence-corrected chi connectivity index (χ4v) is 3.92. The highest BCUT2D eigenvalue weighted by Gasteiger charge is 2.12. The van der Waals surface area contributed by atoms with Crippen molar-refractivity contribution in [2.45, 2.75) is 19.6 Å². The number of hydrogen-bond donors (Lipinski definition) is 2. The molecule has 31 heavy (non-hydrogen) atoms. The van der Waals surface area contributed by atoms with Gasteiger partial charge in [0.05, 0.1) is 22.6 Å². The molecule has 0 spiro atoms. The van der Waals surface area contributed by atoms with Gasteiger partial charge in [-0.15, -0.1) is 0 Å². The van der Waals surface area contributed by atoms with Crippen molar-refractivity contribution in [2.24, 2.45) is 0 Å². The number of hydrogen-bond acceptors (Lipinski definition) is 4. The summed E-state index contributed by atoms with van der Waals surface area (Å²) in [6.45, 7) is 1.81. The Morgan fingerprint density at radius 1 is 1.06 bits per heavy atom. The largest absolute Gasteiger partial charge is 0.493 e. The fraction of sp³-hybridized carbons (Fsp3) is 0.208. The first-order valence-electron chi connectivity index (χ1n) is 10.0. The second-order valence-electron chi connectivity index (χ2n) is 7.15. The summed E-state index contributed by atoms with van der Waals surface area (Å²) in [4.78, 5) is 7.94. The Labute approximate surface area is 188 Å². The highest BCUT2D eigenvalue weighted by molar-refractivity contribution is 9.10. The molecule has 4 aromatic rings. The van der Waals surface area contributed by atoms with Crippen LogP contribution < -0.4 is 14.8 Å². The van der Waals surface area contributed by atoms with Gasteiger partial charge in [-0.1, -0.05) is 24.3 Å². The molecular weight excluding hydrogens is 461 g/mol. The number of nitrogens with zero attached hydrogens (tertiary/aromatic N) is 1. The maximum atomic E-state index is 13.1. The van der Waals surface area contributed by atoms with Crippen molar-refractivity contribution in [3.63, 3.8) is 0 Å². The normalized spacial score (nSPS) is 11.1. The van der Waals surface area contributed by atoms with E-state index in [4.69, 9.17) is 9.47 Å². The quantitative estimate of drug-likeness (QED) is 0.313. The van der Waals surface area contributed by atoms with Gasteiger partial charge in [0.15, 0.2) is 11.5 Å². The van der Waals surface area contributed by atoms with E-state index in [9.17, 15) is 4.39 Å². The molecule has 1 heterocycles. The zero-order valence-electron chi connectivity index (χ0n) is 17.1. The van der Waals surface area contributed by atoms with Crippen LogP contribution in [0.25, 0.3) is 11.0 Å². The summed E-state index contributed by atoms with van der Waals surface area (Å²) in [5, 5.41) is 3.44. The number of rotatable bonds is 9. The van der Waals surface area contributed by atoms with E-state index < -0.39 is 0 Å². The number of H-pyrrole nitrogens is 1. The number of aromatic amines is 1. The first kappa shape index (κ1) is 21.3. The molecule has 3 aromatic carbocycles. The van der Waals surface area contributed by atoms with Gasteiger partial charge in [-0.05, 0) is 63.5 Å². The van der Waals surface area contributed by atoms with Gasteiger partial charge in [-0.2, -0.15) is 0 Å². The van der Waals surface area contributed by atoms with Crippen molar-refractivity contribution in [2.75, 3.05) is 13.7 Å². The van der Waals surface area contributed by atoms with E-state index in [1.165, 1.54) is 12.1 Å². The van der Waals surface area contributed by atoms with Gasteiger partial charge in [-0.3, -0.25) is 0 Å². The van der Waals surface area contributed by atoms with Crippen LogP contribution in [0.3, 0.4) is 0 Å². The Hall–Kier alpha value is -2.90. The number of benzene rings is 3. The smallest absolute Gasteiger partial charge is 0.175 e. The van der Waals surface area contributed by atoms with Gasteiger partial charge in [0.1, 0.15) is 18.2 Å². The summed E-state index contributed by atoms with van der Waals surface area (Å²) in [6.07, 6.45) is 0.811. The second-order valence-corrected chi connectivity index (χ2v) is 8.01. The SMILES string of the molecule is COc1cc(CNCCc2nc3ccccc3[nH]2)cc(Br)c1OCc1ccc(F)cc1. The minimum Gasteiger partial charge on any atom is -0.493 e. The predicted octanol–water partition coefficient (Wildman–Crippen LogP) is 5.38. The van der Waals surface area contributed by atoms with Crippen LogP contribution in [-0.4, -0.2) is 23.6 Å². The molecule has 1 aromatic heterocycles. The number of methoxy groups -OCH3 is 1. The molecule has 0 saturated heterocycles. The van der Waals surface area contributed by atoms with Crippen molar-refractivity contribution in [3.8, 4) is 11.5 Å². The minimum atomic E-state index is -0.264. The monoisotopic (exact) mass is 483 g/mol. The van der Waals surface area contributed by atoms with Crippen molar-refractivity contribution in [3.05, 3.63) is 87.9 Å². The molecule has 0 radical (unpaired) electrons. The average Bonchev–Trinajstić information content (AvgIpc) is 3.19. The van der Waals surface area contributed by atoms with Crippen molar-refractivity contribution in [1.82, 2.24) is 15.3 Å². The molecular formula is C24H23BrFN3O2. The average molecular weight is 484 g/mol. The van der Waals surface area contributed by atoms with Crippen LogP contribution in [0.5, 0.6) is 11.5 Å². The Morgan fingerprint density at radius 2 is 1.87 bits per heavy atom. The number of fused-ring (bicyclic) bond motifs is 1. The van der Waals surface area contributed by atoms with Gasteiger partial charge < -0.3 is 19.8 Å². The molecule has 0 saturated carbocycles. The highest BCUT2D eigenvalue weighted by atomic mass is 79.9. The van der Waals surface area contributed by atoms with Crippen LogP contribution in [0.2, 0.25) is 0 Å². The van der Waals surface area contributed by atoms with E-state index in [2.05, 4.69) is 31.2 Å². The summed E-state index contributed by atoms with van der Waals surface area (Å²) in [6, 6.07) is 18.2. The first-order chi connectivity index (χ1) is 15.1. The molecule has 0 aliphatic rings. The Morgan fingerprint density at radius 3 is 2.65 bits per heavy atom. The zero-order chi connectivity index (χ0) is 21.6. The number of ether oxygens (including phenoxy) is 2. The molecule has 0 bridgehead atoms. The topological polar surface area (TPSA) is 59.2 Å². The number of halogens is 2. The molecule has 0 aliphatic heterocycles. The number of para-hydroxylation sites is 2. The van der Waals surface area contributed by atoms with Gasteiger partial charge in [0, 0.05) is 19.5 Å². The molecule has 0 amide bonds. The van der Waals surface area contributed by atoms with Crippen molar-refractivity contribution < 1.29 is 13.9 Å². The van der Waals surface area contributed by atoms with Crippen LogP contribution in [-0.2, 0) is 19.6 Å². The first-order valence-corrected chi connectivity index (χ1v) is 10.8. The maximum absolute atomic E-state index is 13.1. The lowest BCUT2D eigenvalue weighted by Crippen LogP contribution is -2.17. The van der Waals surface area contributed by atoms with E-state index >= 15 is 0 Å². The molecule has 0 unspecified atom stereocenters. The lowest BCUT2D eigenvalue weighted by molar-refractivity contribution is 0.282. The van der Waals surface area contributed by atoms with Crippen molar-refractivity contribution in [1.29, 1.82) is 0 Å². The fourth-order valence-electron chi connectivity index (χ4n) is 3.32. The van der Waals surface area contributed by atoms with Crippen LogP contribution >= 0.6 is 15.9 Å². The molecule has 0 atom stereocenters. The number of imidazole rings is 1. The van der Waals surface area contributed by atoms with Gasteiger partial charge >= 0.3 is 0 Å². The Balaban J connectivity index is 1.34. The third kappa shape index (κ3) is 5.42. The van der Waals surface area contributed by atoms with E-state index in [1.54, 1.807) is 19.2 Å². The van der Waals surface area contributed by atoms with Crippen LogP contribution in [0.15, 0.2) is 65.1 Å². The Kier molecular flexibility index (Phi) is 6.84. The van der Waals surface area contributed by atoms with Gasteiger partial charge in [0.2, 0.25) is 0 Å². The summed E-state index contributed by atoms with van der Waals surface area (Å²) < 4.78 is 25.3. The lowest BCUT2D eigenvalue weighted by Gasteiger charge is -2.15. The molecule has 5 nitrogen and oxygen atoms in total. The van der Waals surface area contributed by atoms with Gasteiger partial charge in [0.25, 0.3) is 0 Å². The second kappa shape index (κ2) is 9.94. The summed E-state index contributed by atoms with van der Waals surface area (Å²) >= 11 is 3.58. The maximum Gasteiger partial charge on any atom is 0.175 e. The van der Waals surface area contributed by atoms with Crippen LogP contribution in [0.4, 0.5) is 4.39 Å². The Bertz CT molecular complexity index is 1130. The summed E-state index contributed by atoms with van der Waals surface area (Å²) in [5.74, 6) is 1.97. The van der Waals surface area contributed by atoms with E-state index in [1.807, 2.05) is 36.4 Å². The summed E-state index contributed by atoms with van der Waals surface area (Å²) in [5.41, 5.74) is 4.00. The van der Waals surface area contributed by atoms with E-state index in [0.717, 1.165) is 45.4 Å². The number of aromatic nitrogens is 2. The molecule has 4 rings (SSSR count). The third-order valence-electron chi connectivity index (χ3n) is 4.89. The molecule has 0 fully saturated rings. The van der Waals surface area contributed by atoms with E-state index in [0.29, 0.717) is 24.7 Å². The minimum absolute atomic E-state index is 0.264. The molecule has 7 heteroatoms.